The number of hydrogen-bond acceptors (Lipinski definition) is 5. The van der Waals surface area contributed by atoms with Crippen molar-refractivity contribution in [3.8, 4) is 0 Å². The first-order valence-electron chi connectivity index (χ1n) is 11.2. The van der Waals surface area contributed by atoms with E-state index >= 15 is 0 Å². The lowest BCUT2D eigenvalue weighted by Gasteiger charge is -2.38. The minimum Gasteiger partial charge on any atom is -0.455 e. The number of hydrogen-bond donors (Lipinski definition) is 0. The summed E-state index contributed by atoms with van der Waals surface area (Å²) in [6.45, 7) is 11.5. The van der Waals surface area contributed by atoms with Crippen LogP contribution < -0.4 is 0 Å². The number of isocyanates is 2. The number of carbonyl (C=O) groups excluding carboxylic acids is 2. The van der Waals surface area contributed by atoms with Crippen molar-refractivity contribution in [2.24, 2.45) is 9.98 Å². The van der Waals surface area contributed by atoms with Gasteiger partial charge < -0.3 is 4.12 Å². The van der Waals surface area contributed by atoms with E-state index in [9.17, 15) is 9.59 Å². The van der Waals surface area contributed by atoms with Gasteiger partial charge in [-0.2, -0.15) is 9.98 Å². The van der Waals surface area contributed by atoms with E-state index in [0.29, 0.717) is 16.9 Å². The van der Waals surface area contributed by atoms with Crippen LogP contribution in [-0.2, 0) is 26.5 Å². The SMILES string of the molecule is CC(CCc1ccccc1N=C=O)[Si](C)(C)O[Si](C)(C)CCCc1ccccc1N=C=O. The fourth-order valence-corrected chi connectivity index (χ4v) is 12.8. The van der Waals surface area contributed by atoms with Crippen LogP contribution in [0, 0.1) is 0 Å². The van der Waals surface area contributed by atoms with Crippen LogP contribution in [0.3, 0.4) is 0 Å². The molecule has 5 nitrogen and oxygen atoms in total. The summed E-state index contributed by atoms with van der Waals surface area (Å²) in [5.41, 5.74) is 4.07. The van der Waals surface area contributed by atoms with E-state index in [0.717, 1.165) is 42.9 Å². The standard InChI is InChI=1S/C25H34N2O3Si2/c1-21(16-17-23-12-7-9-15-25(23)27-20-29)32(4,5)30-31(2,3)18-10-13-22-11-6-8-14-24(22)26-19-28/h6-9,11-12,14-15,21H,10,13,16-18H2,1-5H3. The topological polar surface area (TPSA) is 68.1 Å². The number of aryl methyl sites for hydroxylation is 2. The molecule has 0 saturated heterocycles. The zero-order valence-corrected chi connectivity index (χ0v) is 21.9. The summed E-state index contributed by atoms with van der Waals surface area (Å²) in [6.07, 6.45) is 7.08. The molecule has 0 amide bonds. The number of nitrogens with zero attached hydrogens (tertiary/aromatic N) is 2. The van der Waals surface area contributed by atoms with Crippen LogP contribution in [0.25, 0.3) is 0 Å². The Kier molecular flexibility index (Phi) is 9.69. The molecule has 0 aliphatic carbocycles. The first-order valence-corrected chi connectivity index (χ1v) is 17.3. The van der Waals surface area contributed by atoms with Gasteiger partial charge in [-0.15, -0.1) is 0 Å². The fourth-order valence-electron chi connectivity index (χ4n) is 4.05. The van der Waals surface area contributed by atoms with Crippen LogP contribution in [0.2, 0.25) is 37.8 Å². The zero-order chi connectivity index (χ0) is 23.6. The highest BCUT2D eigenvalue weighted by molar-refractivity contribution is 6.85. The van der Waals surface area contributed by atoms with Gasteiger partial charge >= 0.3 is 0 Å². The molecule has 0 spiro atoms. The van der Waals surface area contributed by atoms with E-state index in [1.807, 2.05) is 48.5 Å². The van der Waals surface area contributed by atoms with Gasteiger partial charge in [0, 0.05) is 0 Å². The summed E-state index contributed by atoms with van der Waals surface area (Å²) < 4.78 is 6.88. The van der Waals surface area contributed by atoms with Gasteiger partial charge in [0.15, 0.2) is 16.6 Å². The molecule has 0 heterocycles. The number of benzene rings is 2. The number of aliphatic imine (C=N–C) groups is 2. The Morgan fingerprint density at radius 2 is 1.34 bits per heavy atom. The van der Waals surface area contributed by atoms with Gasteiger partial charge in [0.2, 0.25) is 12.2 Å². The smallest absolute Gasteiger partial charge is 0.240 e. The van der Waals surface area contributed by atoms with Crippen molar-refractivity contribution in [1.29, 1.82) is 0 Å². The number of rotatable bonds is 12. The van der Waals surface area contributed by atoms with Crippen LogP contribution in [0.5, 0.6) is 0 Å². The molecule has 7 heteroatoms. The summed E-state index contributed by atoms with van der Waals surface area (Å²) in [7, 11) is -3.74. The van der Waals surface area contributed by atoms with Crippen LogP contribution in [-0.4, -0.2) is 28.8 Å². The maximum absolute atomic E-state index is 10.7. The predicted molar refractivity (Wildman–Crippen MR) is 135 cm³/mol. The lowest BCUT2D eigenvalue weighted by Crippen LogP contribution is -2.46. The molecule has 0 aromatic heterocycles. The molecule has 2 rings (SSSR count). The Morgan fingerprint density at radius 3 is 1.88 bits per heavy atom. The molecule has 170 valence electrons. The largest absolute Gasteiger partial charge is 0.455 e. The normalized spacial score (nSPS) is 12.5. The Balaban J connectivity index is 1.93. The molecule has 0 saturated carbocycles. The van der Waals surface area contributed by atoms with Gasteiger partial charge in [-0.05, 0) is 86.7 Å². The third-order valence-electron chi connectivity index (χ3n) is 6.11. The highest BCUT2D eigenvalue weighted by Crippen LogP contribution is 2.33. The quantitative estimate of drug-likeness (QED) is 0.192. The Morgan fingerprint density at radius 1 is 0.844 bits per heavy atom. The number of para-hydroxylation sites is 2. The van der Waals surface area contributed by atoms with E-state index in [1.165, 1.54) is 0 Å². The first-order chi connectivity index (χ1) is 15.2. The second-order valence-corrected chi connectivity index (χ2v) is 18.5. The lowest BCUT2D eigenvalue weighted by molar-refractivity contribution is 0.507. The molecule has 0 aliphatic heterocycles. The van der Waals surface area contributed by atoms with Gasteiger partial charge in [-0.25, -0.2) is 9.59 Å². The van der Waals surface area contributed by atoms with Gasteiger partial charge in [0.1, 0.15) is 0 Å². The second kappa shape index (κ2) is 12.0. The molecule has 0 bridgehead atoms. The average molecular weight is 467 g/mol. The summed E-state index contributed by atoms with van der Waals surface area (Å²) in [5, 5.41) is 0. The van der Waals surface area contributed by atoms with E-state index in [-0.39, 0.29) is 0 Å². The molecule has 2 aromatic rings. The second-order valence-electron chi connectivity index (χ2n) is 9.42. The summed E-state index contributed by atoms with van der Waals surface area (Å²) in [4.78, 5) is 29.0. The molecule has 0 aliphatic rings. The van der Waals surface area contributed by atoms with Crippen molar-refractivity contribution in [3.05, 3.63) is 59.7 Å². The van der Waals surface area contributed by atoms with E-state index in [2.05, 4.69) is 43.1 Å². The molecule has 32 heavy (non-hydrogen) atoms. The van der Waals surface area contributed by atoms with Crippen LogP contribution in [0.1, 0.15) is 30.9 Å². The predicted octanol–water partition coefficient (Wildman–Crippen LogP) is 7.00. The highest BCUT2D eigenvalue weighted by atomic mass is 28.4. The van der Waals surface area contributed by atoms with E-state index in [1.54, 1.807) is 12.2 Å². The molecule has 1 unspecified atom stereocenters. The zero-order valence-electron chi connectivity index (χ0n) is 19.9. The molecule has 0 radical (unpaired) electrons. The van der Waals surface area contributed by atoms with E-state index < -0.39 is 16.6 Å². The van der Waals surface area contributed by atoms with Crippen molar-refractivity contribution >= 4 is 40.2 Å². The fraction of sp³-hybridized carbons (Fsp3) is 0.440. The van der Waals surface area contributed by atoms with Crippen LogP contribution >= 0.6 is 0 Å². The van der Waals surface area contributed by atoms with Crippen LogP contribution in [0.15, 0.2) is 58.5 Å². The maximum Gasteiger partial charge on any atom is 0.240 e. The first kappa shape index (κ1) is 25.9. The molecular formula is C25H34N2O3Si2. The summed E-state index contributed by atoms with van der Waals surface area (Å²) in [5.74, 6) is 0. The average Bonchev–Trinajstić information content (AvgIpc) is 2.73. The molecule has 2 aromatic carbocycles. The Labute approximate surface area is 193 Å². The minimum absolute atomic E-state index is 0.477. The van der Waals surface area contributed by atoms with Crippen molar-refractivity contribution < 1.29 is 13.7 Å². The third-order valence-corrected chi connectivity index (χ3v) is 14.6. The maximum atomic E-state index is 10.7. The summed E-state index contributed by atoms with van der Waals surface area (Å²) >= 11 is 0. The van der Waals surface area contributed by atoms with Crippen molar-refractivity contribution in [1.82, 2.24) is 0 Å². The highest BCUT2D eigenvalue weighted by Gasteiger charge is 2.36. The van der Waals surface area contributed by atoms with Crippen molar-refractivity contribution in [2.75, 3.05) is 0 Å². The molecule has 0 fully saturated rings. The van der Waals surface area contributed by atoms with Gasteiger partial charge in [-0.1, -0.05) is 43.3 Å². The monoisotopic (exact) mass is 466 g/mol. The Hall–Kier alpha value is -2.41. The van der Waals surface area contributed by atoms with Gasteiger partial charge in [0.05, 0.1) is 11.4 Å². The lowest BCUT2D eigenvalue weighted by atomic mass is 10.1. The third kappa shape index (κ3) is 7.93. The Bertz CT molecular complexity index is 994. The van der Waals surface area contributed by atoms with Crippen molar-refractivity contribution in [2.45, 2.75) is 70.4 Å². The molecule has 1 atom stereocenters. The van der Waals surface area contributed by atoms with Gasteiger partial charge in [-0.3, -0.25) is 0 Å². The van der Waals surface area contributed by atoms with Crippen LogP contribution in [0.4, 0.5) is 11.4 Å². The summed E-state index contributed by atoms with van der Waals surface area (Å²) in [6, 6.07) is 16.6. The van der Waals surface area contributed by atoms with E-state index in [4.69, 9.17) is 4.12 Å². The minimum atomic E-state index is -1.90. The van der Waals surface area contributed by atoms with Crippen molar-refractivity contribution in [3.63, 3.8) is 0 Å². The molecule has 0 N–H and O–H groups in total. The molecular weight excluding hydrogens is 432 g/mol. The van der Waals surface area contributed by atoms with Gasteiger partial charge in [0.25, 0.3) is 0 Å².